The maximum absolute atomic E-state index is 14.2. The van der Waals surface area contributed by atoms with E-state index in [2.05, 4.69) is 15.0 Å². The molecule has 1 aliphatic heterocycles. The summed E-state index contributed by atoms with van der Waals surface area (Å²) in [5.74, 6) is -1.30. The Morgan fingerprint density at radius 3 is 2.79 bits per heavy atom. The number of rotatable bonds is 3. The van der Waals surface area contributed by atoms with Crippen LogP contribution >= 0.6 is 0 Å². The predicted octanol–water partition coefficient (Wildman–Crippen LogP) is 2.81. The van der Waals surface area contributed by atoms with Crippen molar-refractivity contribution >= 4 is 11.5 Å². The lowest BCUT2D eigenvalue weighted by atomic mass is 10.0. The third-order valence-electron chi connectivity index (χ3n) is 4.69. The normalized spacial score (nSPS) is 14.1. The van der Waals surface area contributed by atoms with Crippen LogP contribution in [0.15, 0.2) is 53.7 Å². The van der Waals surface area contributed by atoms with Crippen molar-refractivity contribution in [3.05, 3.63) is 76.5 Å². The minimum atomic E-state index is -0.883. The van der Waals surface area contributed by atoms with E-state index in [4.69, 9.17) is 0 Å². The van der Waals surface area contributed by atoms with Crippen molar-refractivity contribution in [3.8, 4) is 11.4 Å². The van der Waals surface area contributed by atoms with Gasteiger partial charge in [0.05, 0.1) is 11.4 Å². The molecule has 1 aromatic carbocycles. The molecule has 1 aliphatic rings. The summed E-state index contributed by atoms with van der Waals surface area (Å²) in [6.45, 7) is 0.918. The summed E-state index contributed by atoms with van der Waals surface area (Å²) in [5, 5.41) is 0. The molecule has 0 atom stereocenters. The zero-order valence-corrected chi connectivity index (χ0v) is 15.1. The van der Waals surface area contributed by atoms with Gasteiger partial charge in [-0.05, 0) is 24.1 Å². The molecule has 0 radical (unpaired) electrons. The molecule has 0 spiro atoms. The molecule has 8 heteroatoms. The Bertz CT molecular complexity index is 1110. The van der Waals surface area contributed by atoms with Gasteiger partial charge in [0, 0.05) is 38.0 Å². The van der Waals surface area contributed by atoms with Crippen LogP contribution in [-0.4, -0.2) is 32.6 Å². The summed E-state index contributed by atoms with van der Waals surface area (Å²) >= 11 is 0. The molecule has 3 heterocycles. The van der Waals surface area contributed by atoms with Gasteiger partial charge < -0.3 is 4.90 Å². The molecule has 0 bridgehead atoms. The van der Waals surface area contributed by atoms with Crippen LogP contribution in [0.2, 0.25) is 0 Å². The minimum absolute atomic E-state index is 0.224. The quantitative estimate of drug-likeness (QED) is 0.698. The maximum Gasteiger partial charge on any atom is 0.255 e. The summed E-state index contributed by atoms with van der Waals surface area (Å²) in [6, 6.07) is 7.22. The van der Waals surface area contributed by atoms with Crippen molar-refractivity contribution in [2.24, 2.45) is 7.05 Å². The maximum atomic E-state index is 14.2. The highest BCUT2D eigenvalue weighted by atomic mass is 19.2. The van der Waals surface area contributed by atoms with Crippen LogP contribution in [0.4, 0.5) is 14.7 Å². The number of hydrogen-bond acceptors (Lipinski definition) is 5. The lowest BCUT2D eigenvalue weighted by Gasteiger charge is -2.30. The van der Waals surface area contributed by atoms with Crippen LogP contribution in [0, 0.1) is 11.6 Å². The fraction of sp³-hybridized carbons (Fsp3) is 0.200. The topological polar surface area (TPSA) is 63.9 Å². The molecule has 2 aromatic heterocycles. The lowest BCUT2D eigenvalue weighted by molar-refractivity contribution is 0.506. The van der Waals surface area contributed by atoms with Crippen LogP contribution in [0.1, 0.15) is 12.0 Å². The molecular weight excluding hydrogens is 364 g/mol. The number of anilines is 1. The smallest absolute Gasteiger partial charge is 0.255 e. The largest absolute Gasteiger partial charge is 0.338 e. The molecule has 6 nitrogen and oxygen atoms in total. The van der Waals surface area contributed by atoms with Crippen LogP contribution < -0.4 is 10.5 Å². The van der Waals surface area contributed by atoms with E-state index in [-0.39, 0.29) is 11.1 Å². The molecular formula is C20H17F2N5O. The standard InChI is InChI=1S/C20H17F2N5O/c1-26-18(28)10-17(16-7-8-23-12-24-16)25-20(26)27-9-3-4-13(11-27)14-5-2-6-15(21)19(14)22/h2,4-8,10,12H,3,9,11H2,1H3. The van der Waals surface area contributed by atoms with E-state index in [1.165, 1.54) is 23.0 Å². The summed E-state index contributed by atoms with van der Waals surface area (Å²) in [5.41, 5.74) is 1.63. The van der Waals surface area contributed by atoms with Gasteiger partial charge in [0.1, 0.15) is 6.33 Å². The Kier molecular flexibility index (Phi) is 4.68. The number of nitrogens with zero attached hydrogens (tertiary/aromatic N) is 5. The van der Waals surface area contributed by atoms with Gasteiger partial charge >= 0.3 is 0 Å². The second-order valence-electron chi connectivity index (χ2n) is 6.47. The molecule has 0 unspecified atom stereocenters. The fourth-order valence-corrected chi connectivity index (χ4v) is 3.25. The highest BCUT2D eigenvalue weighted by molar-refractivity contribution is 5.71. The fourth-order valence-electron chi connectivity index (χ4n) is 3.25. The van der Waals surface area contributed by atoms with E-state index < -0.39 is 11.6 Å². The van der Waals surface area contributed by atoms with E-state index >= 15 is 0 Å². The first kappa shape index (κ1) is 18.0. The first-order valence-electron chi connectivity index (χ1n) is 8.77. The summed E-state index contributed by atoms with van der Waals surface area (Å²) in [7, 11) is 1.63. The highest BCUT2D eigenvalue weighted by Gasteiger charge is 2.22. The first-order chi connectivity index (χ1) is 13.5. The molecule has 0 fully saturated rings. The molecule has 0 saturated carbocycles. The Labute approximate surface area is 159 Å². The second-order valence-corrected chi connectivity index (χ2v) is 6.47. The molecule has 0 saturated heterocycles. The van der Waals surface area contributed by atoms with Crippen LogP contribution in [0.25, 0.3) is 17.0 Å². The zero-order valence-electron chi connectivity index (χ0n) is 15.1. The van der Waals surface area contributed by atoms with Gasteiger partial charge in [-0.1, -0.05) is 18.2 Å². The van der Waals surface area contributed by atoms with Gasteiger partial charge in [-0.15, -0.1) is 0 Å². The first-order valence-corrected chi connectivity index (χ1v) is 8.77. The predicted molar refractivity (Wildman–Crippen MR) is 102 cm³/mol. The summed E-state index contributed by atoms with van der Waals surface area (Å²) < 4.78 is 29.3. The monoisotopic (exact) mass is 381 g/mol. The van der Waals surface area contributed by atoms with Crippen LogP contribution in [0.3, 0.4) is 0 Å². The van der Waals surface area contributed by atoms with Gasteiger partial charge in [0.25, 0.3) is 5.56 Å². The van der Waals surface area contributed by atoms with Gasteiger partial charge in [0.15, 0.2) is 11.6 Å². The minimum Gasteiger partial charge on any atom is -0.338 e. The van der Waals surface area contributed by atoms with Crippen LogP contribution in [0.5, 0.6) is 0 Å². The SMILES string of the molecule is Cn1c(N2CCC=C(c3cccc(F)c3F)C2)nc(-c2ccncn2)cc1=O. The van der Waals surface area contributed by atoms with Crippen molar-refractivity contribution < 1.29 is 8.78 Å². The average Bonchev–Trinajstić information content (AvgIpc) is 2.72. The van der Waals surface area contributed by atoms with Crippen molar-refractivity contribution in [2.75, 3.05) is 18.0 Å². The Balaban J connectivity index is 1.72. The number of halogens is 2. The molecule has 0 aliphatic carbocycles. The van der Waals surface area contributed by atoms with Crippen LogP contribution in [-0.2, 0) is 7.05 Å². The van der Waals surface area contributed by atoms with Gasteiger partial charge in [0.2, 0.25) is 5.95 Å². The molecule has 0 N–H and O–H groups in total. The van der Waals surface area contributed by atoms with Gasteiger partial charge in [-0.2, -0.15) is 0 Å². The van der Waals surface area contributed by atoms with Crippen molar-refractivity contribution in [1.29, 1.82) is 0 Å². The Morgan fingerprint density at radius 2 is 2.00 bits per heavy atom. The van der Waals surface area contributed by atoms with E-state index in [9.17, 15) is 13.6 Å². The third-order valence-corrected chi connectivity index (χ3v) is 4.69. The average molecular weight is 381 g/mol. The Hall–Kier alpha value is -3.42. The molecule has 28 heavy (non-hydrogen) atoms. The third kappa shape index (κ3) is 3.28. The molecule has 3 aromatic rings. The highest BCUT2D eigenvalue weighted by Crippen LogP contribution is 2.27. The molecule has 4 rings (SSSR count). The van der Waals surface area contributed by atoms with E-state index in [1.807, 2.05) is 11.0 Å². The van der Waals surface area contributed by atoms with Gasteiger partial charge in [-0.25, -0.2) is 23.7 Å². The van der Waals surface area contributed by atoms with Gasteiger partial charge in [-0.3, -0.25) is 9.36 Å². The van der Waals surface area contributed by atoms with E-state index in [1.54, 1.807) is 25.4 Å². The van der Waals surface area contributed by atoms with Crippen molar-refractivity contribution in [3.63, 3.8) is 0 Å². The summed E-state index contributed by atoms with van der Waals surface area (Å²) in [6.07, 6.45) is 5.48. The van der Waals surface area contributed by atoms with Crippen molar-refractivity contribution in [1.82, 2.24) is 19.5 Å². The van der Waals surface area contributed by atoms with E-state index in [0.717, 1.165) is 6.07 Å². The van der Waals surface area contributed by atoms with Crippen molar-refractivity contribution in [2.45, 2.75) is 6.42 Å². The zero-order chi connectivity index (χ0) is 19.7. The lowest BCUT2D eigenvalue weighted by Crippen LogP contribution is -2.35. The second kappa shape index (κ2) is 7.30. The Morgan fingerprint density at radius 1 is 1.14 bits per heavy atom. The number of hydrogen-bond donors (Lipinski definition) is 0. The van der Waals surface area contributed by atoms with E-state index in [0.29, 0.717) is 42.4 Å². The summed E-state index contributed by atoms with van der Waals surface area (Å²) in [4.78, 5) is 27.0. The molecule has 142 valence electrons. The number of aromatic nitrogens is 4. The molecule has 0 amide bonds. The number of benzene rings is 1.